The molecule has 37 heavy (non-hydrogen) atoms. The van der Waals surface area contributed by atoms with E-state index in [2.05, 4.69) is 121 Å². The summed E-state index contributed by atoms with van der Waals surface area (Å²) in [6, 6.07) is 43.4. The van der Waals surface area contributed by atoms with Crippen LogP contribution in [0, 0.1) is 0 Å². The van der Waals surface area contributed by atoms with Crippen LogP contribution in [-0.2, 0) is 0 Å². The van der Waals surface area contributed by atoms with Crippen molar-refractivity contribution in [3.05, 3.63) is 121 Å². The van der Waals surface area contributed by atoms with E-state index in [4.69, 9.17) is 4.42 Å². The quantitative estimate of drug-likeness (QED) is 0.216. The Morgan fingerprint density at radius 2 is 0.973 bits per heavy atom. The molecule has 0 spiro atoms. The molecule has 174 valence electrons. The first kappa shape index (κ1) is 21.2. The molecule has 0 unspecified atom stereocenters. The molecule has 0 bridgehead atoms. The van der Waals surface area contributed by atoms with Crippen molar-refractivity contribution in [3.8, 4) is 22.6 Å². The number of rotatable bonds is 2. The van der Waals surface area contributed by atoms with Gasteiger partial charge in [-0.05, 0) is 68.7 Å². The lowest BCUT2D eigenvalue weighted by Crippen LogP contribution is -1.91. The summed E-state index contributed by atoms with van der Waals surface area (Å²) in [6.45, 7) is 0. The first-order chi connectivity index (χ1) is 18.3. The number of hydrogen-bond acceptors (Lipinski definition) is 3. The largest absolute Gasteiger partial charge is 0.456 e. The summed E-state index contributed by atoms with van der Waals surface area (Å²) >= 11 is 3.67. The number of fused-ring (bicyclic) bond motifs is 8. The smallest absolute Gasteiger partial charge is 0.135 e. The molecule has 6 aromatic carbocycles. The Bertz CT molecular complexity index is 1960. The van der Waals surface area contributed by atoms with Gasteiger partial charge >= 0.3 is 0 Å². The van der Waals surface area contributed by atoms with E-state index in [9.17, 15) is 0 Å². The van der Waals surface area contributed by atoms with Crippen LogP contribution in [0.5, 0.6) is 0 Å². The normalized spacial score (nSPS) is 12.6. The van der Waals surface area contributed by atoms with Crippen LogP contribution in [0.2, 0.25) is 0 Å². The molecule has 2 heterocycles. The Hall–Kier alpha value is -3.92. The molecule has 0 radical (unpaired) electrons. The van der Waals surface area contributed by atoms with Gasteiger partial charge in [-0.15, -0.1) is 0 Å². The Balaban J connectivity index is 1.26. The number of benzene rings is 6. The third-order valence-corrected chi connectivity index (χ3v) is 9.77. The molecule has 1 aliphatic heterocycles. The minimum Gasteiger partial charge on any atom is -0.456 e. The molecular weight excluding hydrogens is 489 g/mol. The Morgan fingerprint density at radius 3 is 1.70 bits per heavy atom. The van der Waals surface area contributed by atoms with Crippen molar-refractivity contribution in [2.24, 2.45) is 0 Å². The molecule has 0 aliphatic carbocycles. The van der Waals surface area contributed by atoms with Crippen LogP contribution in [0.25, 0.3) is 55.0 Å². The molecule has 0 saturated carbocycles. The highest BCUT2D eigenvalue weighted by molar-refractivity contribution is 8.05. The average molecular weight is 509 g/mol. The van der Waals surface area contributed by atoms with Crippen LogP contribution in [0.15, 0.2) is 145 Å². The van der Waals surface area contributed by atoms with Gasteiger partial charge < -0.3 is 4.42 Å². The van der Waals surface area contributed by atoms with Crippen molar-refractivity contribution in [1.82, 2.24) is 0 Å². The molecule has 0 amide bonds. The first-order valence-electron chi connectivity index (χ1n) is 12.3. The van der Waals surface area contributed by atoms with Gasteiger partial charge in [-0.2, -0.15) is 0 Å². The van der Waals surface area contributed by atoms with Crippen molar-refractivity contribution in [1.29, 1.82) is 0 Å². The highest BCUT2D eigenvalue weighted by Crippen LogP contribution is 2.52. The van der Waals surface area contributed by atoms with Gasteiger partial charge in [0.25, 0.3) is 0 Å². The Morgan fingerprint density at radius 1 is 0.405 bits per heavy atom. The second kappa shape index (κ2) is 8.31. The highest BCUT2D eigenvalue weighted by atomic mass is 32.2. The van der Waals surface area contributed by atoms with Crippen LogP contribution >= 0.6 is 23.5 Å². The van der Waals surface area contributed by atoms with Crippen molar-refractivity contribution in [3.63, 3.8) is 0 Å². The summed E-state index contributed by atoms with van der Waals surface area (Å²) in [4.78, 5) is 5.16. The molecule has 1 aliphatic rings. The van der Waals surface area contributed by atoms with Crippen molar-refractivity contribution in [2.45, 2.75) is 19.6 Å². The second-order valence-electron chi connectivity index (χ2n) is 9.30. The molecule has 3 heteroatoms. The average Bonchev–Trinajstić information content (AvgIpc) is 3.46. The van der Waals surface area contributed by atoms with Gasteiger partial charge in [0.05, 0.1) is 0 Å². The summed E-state index contributed by atoms with van der Waals surface area (Å²) in [7, 11) is 0. The topological polar surface area (TPSA) is 13.1 Å². The zero-order valence-electron chi connectivity index (χ0n) is 19.8. The van der Waals surface area contributed by atoms with Crippen molar-refractivity contribution in [2.75, 3.05) is 0 Å². The fraction of sp³-hybridized carbons (Fsp3) is 0. The first-order valence-corrected chi connectivity index (χ1v) is 14.0. The van der Waals surface area contributed by atoms with Gasteiger partial charge in [-0.1, -0.05) is 108 Å². The molecule has 0 fully saturated rings. The summed E-state index contributed by atoms with van der Waals surface area (Å²) in [5.41, 5.74) is 2.24. The van der Waals surface area contributed by atoms with Gasteiger partial charge in [0.2, 0.25) is 0 Å². The Kier molecular flexibility index (Phi) is 4.76. The van der Waals surface area contributed by atoms with Gasteiger partial charge in [-0.25, -0.2) is 0 Å². The SMILES string of the molecule is c1ccc2c(c1)Sc1cccc(-c3ccc(-c4ccc5c6ccccc6c6ccccc6c5c4)o3)c1S2. The summed E-state index contributed by atoms with van der Waals surface area (Å²) in [5.74, 6) is 1.79. The maximum Gasteiger partial charge on any atom is 0.135 e. The molecular formula is C34H20OS2. The monoisotopic (exact) mass is 508 g/mol. The lowest BCUT2D eigenvalue weighted by Gasteiger charge is -2.20. The third kappa shape index (κ3) is 3.35. The predicted octanol–water partition coefficient (Wildman–Crippen LogP) is 10.7. The Labute approximate surface area is 223 Å². The van der Waals surface area contributed by atoms with Gasteiger partial charge in [0.15, 0.2) is 0 Å². The molecule has 0 N–H and O–H groups in total. The number of furan rings is 1. The molecule has 1 aromatic heterocycles. The van der Waals surface area contributed by atoms with E-state index in [0.717, 1.165) is 22.6 Å². The summed E-state index contributed by atoms with van der Waals surface area (Å²) in [6.07, 6.45) is 0. The standard InChI is InChI=1S/C34H20OS2/c1-2-10-24-22(8-1)23-9-3-4-11-25(23)28-20-21(16-17-26(24)28)29-18-19-30(35-29)27-12-7-15-33-34(27)37-32-14-6-5-13-31(32)36-33/h1-20H. The maximum absolute atomic E-state index is 6.54. The van der Waals surface area contributed by atoms with E-state index in [-0.39, 0.29) is 0 Å². The molecule has 7 aromatic rings. The van der Waals surface area contributed by atoms with E-state index in [1.165, 1.54) is 51.9 Å². The van der Waals surface area contributed by atoms with Crippen LogP contribution in [0.1, 0.15) is 0 Å². The van der Waals surface area contributed by atoms with Crippen LogP contribution in [-0.4, -0.2) is 0 Å². The van der Waals surface area contributed by atoms with E-state index in [1.807, 2.05) is 23.5 Å². The minimum absolute atomic E-state index is 0.889. The van der Waals surface area contributed by atoms with E-state index >= 15 is 0 Å². The lowest BCUT2D eigenvalue weighted by molar-refractivity contribution is 0.595. The lowest BCUT2D eigenvalue weighted by atomic mass is 9.93. The molecule has 8 rings (SSSR count). The molecule has 0 atom stereocenters. The van der Waals surface area contributed by atoms with Crippen molar-refractivity contribution >= 4 is 55.8 Å². The van der Waals surface area contributed by atoms with Crippen LogP contribution in [0.4, 0.5) is 0 Å². The van der Waals surface area contributed by atoms with E-state index in [0.29, 0.717) is 0 Å². The van der Waals surface area contributed by atoms with Gasteiger partial charge in [-0.3, -0.25) is 0 Å². The fourth-order valence-corrected chi connectivity index (χ4v) is 7.83. The number of hydrogen-bond donors (Lipinski definition) is 0. The van der Waals surface area contributed by atoms with Crippen molar-refractivity contribution < 1.29 is 4.42 Å². The zero-order valence-corrected chi connectivity index (χ0v) is 21.4. The molecule has 0 saturated heterocycles. The minimum atomic E-state index is 0.889. The van der Waals surface area contributed by atoms with Gasteiger partial charge in [0, 0.05) is 30.7 Å². The van der Waals surface area contributed by atoms with Crippen LogP contribution < -0.4 is 0 Å². The highest BCUT2D eigenvalue weighted by Gasteiger charge is 2.21. The summed E-state index contributed by atoms with van der Waals surface area (Å²) < 4.78 is 6.54. The fourth-order valence-electron chi connectivity index (χ4n) is 5.44. The summed E-state index contributed by atoms with van der Waals surface area (Å²) in [5, 5.41) is 7.67. The second-order valence-corrected chi connectivity index (χ2v) is 11.4. The van der Waals surface area contributed by atoms with Gasteiger partial charge in [0.1, 0.15) is 11.5 Å². The van der Waals surface area contributed by atoms with E-state index < -0.39 is 0 Å². The van der Waals surface area contributed by atoms with E-state index in [1.54, 1.807) is 0 Å². The molecule has 1 nitrogen and oxygen atoms in total. The maximum atomic E-state index is 6.54. The predicted molar refractivity (Wildman–Crippen MR) is 157 cm³/mol. The zero-order chi connectivity index (χ0) is 24.3. The van der Waals surface area contributed by atoms with Crippen LogP contribution in [0.3, 0.4) is 0 Å². The third-order valence-electron chi connectivity index (χ3n) is 7.16.